The summed E-state index contributed by atoms with van der Waals surface area (Å²) in [7, 11) is 0. The van der Waals surface area contributed by atoms with Crippen molar-refractivity contribution in [3.63, 3.8) is 0 Å². The molecule has 3 rings (SSSR count). The predicted octanol–water partition coefficient (Wildman–Crippen LogP) is 4.76. The Labute approximate surface area is 128 Å². The molecule has 0 aliphatic carbocycles. The molecule has 0 fully saturated rings. The van der Waals surface area contributed by atoms with E-state index in [9.17, 15) is 4.79 Å². The van der Waals surface area contributed by atoms with Gasteiger partial charge in [-0.05, 0) is 49.4 Å². The van der Waals surface area contributed by atoms with E-state index >= 15 is 0 Å². The van der Waals surface area contributed by atoms with Gasteiger partial charge in [0.05, 0.1) is 5.69 Å². The molecule has 106 valence electrons. The minimum Gasteiger partial charge on any atom is -0.313 e. The SMILES string of the molecule is CSc1ccc(C)cc1-c1cc2ccc(C)cn2c1C=O. The molecular formula is C18H17NOS. The summed E-state index contributed by atoms with van der Waals surface area (Å²) >= 11 is 1.71. The third-order valence-corrected chi connectivity index (χ3v) is 4.51. The van der Waals surface area contributed by atoms with Gasteiger partial charge >= 0.3 is 0 Å². The summed E-state index contributed by atoms with van der Waals surface area (Å²) in [5, 5.41) is 0. The number of thioether (sulfide) groups is 1. The Morgan fingerprint density at radius 1 is 1.00 bits per heavy atom. The minimum absolute atomic E-state index is 0.717. The Balaban J connectivity index is 2.35. The summed E-state index contributed by atoms with van der Waals surface area (Å²) in [6.07, 6.45) is 5.03. The van der Waals surface area contributed by atoms with E-state index in [1.807, 2.05) is 17.5 Å². The van der Waals surface area contributed by atoms with Crippen LogP contribution in [0, 0.1) is 13.8 Å². The van der Waals surface area contributed by atoms with Crippen molar-refractivity contribution in [2.75, 3.05) is 6.26 Å². The topological polar surface area (TPSA) is 21.5 Å². The number of pyridine rings is 1. The van der Waals surface area contributed by atoms with Crippen LogP contribution in [0.25, 0.3) is 16.6 Å². The summed E-state index contributed by atoms with van der Waals surface area (Å²) in [4.78, 5) is 12.8. The molecule has 3 heteroatoms. The van der Waals surface area contributed by atoms with E-state index in [4.69, 9.17) is 0 Å². The van der Waals surface area contributed by atoms with E-state index in [0.29, 0.717) is 0 Å². The Morgan fingerprint density at radius 3 is 2.48 bits per heavy atom. The fourth-order valence-corrected chi connectivity index (χ4v) is 3.26. The van der Waals surface area contributed by atoms with Gasteiger partial charge in [0, 0.05) is 22.2 Å². The van der Waals surface area contributed by atoms with Crippen molar-refractivity contribution in [2.24, 2.45) is 0 Å². The van der Waals surface area contributed by atoms with E-state index in [0.717, 1.165) is 34.2 Å². The van der Waals surface area contributed by atoms with Gasteiger partial charge < -0.3 is 4.40 Å². The maximum Gasteiger partial charge on any atom is 0.167 e. The molecule has 0 atom stereocenters. The van der Waals surface area contributed by atoms with Crippen molar-refractivity contribution in [1.29, 1.82) is 0 Å². The number of fused-ring (bicyclic) bond motifs is 1. The largest absolute Gasteiger partial charge is 0.313 e. The minimum atomic E-state index is 0.717. The smallest absolute Gasteiger partial charge is 0.167 e. The lowest BCUT2D eigenvalue weighted by molar-refractivity contribution is 0.111. The molecule has 1 aromatic carbocycles. The highest BCUT2D eigenvalue weighted by Crippen LogP contribution is 2.34. The fraction of sp³-hybridized carbons (Fsp3) is 0.167. The first kappa shape index (κ1) is 14.0. The number of hydrogen-bond donors (Lipinski definition) is 0. The van der Waals surface area contributed by atoms with Crippen LogP contribution in [0.1, 0.15) is 21.6 Å². The zero-order valence-corrected chi connectivity index (χ0v) is 13.2. The second-order valence-corrected chi connectivity index (χ2v) is 6.11. The van der Waals surface area contributed by atoms with Crippen molar-refractivity contribution < 1.29 is 4.79 Å². The Hall–Kier alpha value is -2.00. The molecule has 2 nitrogen and oxygen atoms in total. The number of aryl methyl sites for hydroxylation is 2. The van der Waals surface area contributed by atoms with E-state index in [-0.39, 0.29) is 0 Å². The first-order chi connectivity index (χ1) is 10.1. The van der Waals surface area contributed by atoms with Crippen LogP contribution >= 0.6 is 11.8 Å². The summed E-state index contributed by atoms with van der Waals surface area (Å²) < 4.78 is 1.98. The molecule has 0 bridgehead atoms. The Bertz CT molecular complexity index is 833. The van der Waals surface area contributed by atoms with Gasteiger partial charge in [0.2, 0.25) is 0 Å². The van der Waals surface area contributed by atoms with E-state index in [1.54, 1.807) is 11.8 Å². The highest BCUT2D eigenvalue weighted by atomic mass is 32.2. The third-order valence-electron chi connectivity index (χ3n) is 3.71. The molecule has 0 saturated heterocycles. The van der Waals surface area contributed by atoms with Crippen molar-refractivity contribution in [1.82, 2.24) is 4.40 Å². The summed E-state index contributed by atoms with van der Waals surface area (Å²) in [6.45, 7) is 4.11. The fourth-order valence-electron chi connectivity index (χ4n) is 2.66. The molecule has 2 aromatic heterocycles. The molecule has 0 N–H and O–H groups in total. The summed E-state index contributed by atoms with van der Waals surface area (Å²) in [6, 6.07) is 12.6. The van der Waals surface area contributed by atoms with Crippen molar-refractivity contribution in [2.45, 2.75) is 18.7 Å². The first-order valence-electron chi connectivity index (χ1n) is 6.86. The number of nitrogens with zero attached hydrogens (tertiary/aromatic N) is 1. The van der Waals surface area contributed by atoms with Crippen molar-refractivity contribution in [3.05, 3.63) is 59.4 Å². The number of hydrogen-bond acceptors (Lipinski definition) is 2. The molecule has 0 saturated carbocycles. The summed E-state index contributed by atoms with van der Waals surface area (Å²) in [5.74, 6) is 0. The second kappa shape index (κ2) is 5.41. The standard InChI is InChI=1S/C18H17NOS/c1-12-5-7-18(21-3)16(8-12)15-9-14-6-4-13(2)10-19(14)17(15)11-20/h4-11H,1-3H3. The number of carbonyl (C=O) groups is 1. The number of carbonyl (C=O) groups excluding carboxylic acids is 1. The van der Waals surface area contributed by atoms with Gasteiger partial charge in [-0.1, -0.05) is 23.8 Å². The zero-order chi connectivity index (χ0) is 15.0. The van der Waals surface area contributed by atoms with E-state index < -0.39 is 0 Å². The van der Waals surface area contributed by atoms with Crippen LogP contribution in [0.5, 0.6) is 0 Å². The summed E-state index contributed by atoms with van der Waals surface area (Å²) in [5.41, 5.74) is 6.24. The zero-order valence-electron chi connectivity index (χ0n) is 12.4. The van der Waals surface area contributed by atoms with Crippen LogP contribution in [-0.4, -0.2) is 16.9 Å². The van der Waals surface area contributed by atoms with Gasteiger partial charge in [-0.3, -0.25) is 4.79 Å². The Kier molecular flexibility index (Phi) is 3.60. The average molecular weight is 295 g/mol. The average Bonchev–Trinajstić information content (AvgIpc) is 2.84. The molecule has 0 aliphatic heterocycles. The van der Waals surface area contributed by atoms with E-state index in [1.165, 1.54) is 10.5 Å². The highest BCUT2D eigenvalue weighted by molar-refractivity contribution is 7.98. The maximum atomic E-state index is 11.6. The molecular weight excluding hydrogens is 278 g/mol. The number of aldehydes is 1. The monoisotopic (exact) mass is 295 g/mol. The van der Waals surface area contributed by atoms with Gasteiger partial charge in [-0.25, -0.2) is 0 Å². The molecule has 0 spiro atoms. The van der Waals surface area contributed by atoms with Gasteiger partial charge in [0.25, 0.3) is 0 Å². The molecule has 0 radical (unpaired) electrons. The quantitative estimate of drug-likeness (QED) is 0.513. The molecule has 0 aliphatic rings. The lowest BCUT2D eigenvalue weighted by atomic mass is 10.0. The lowest BCUT2D eigenvalue weighted by Crippen LogP contribution is -1.94. The lowest BCUT2D eigenvalue weighted by Gasteiger charge is -2.08. The number of rotatable bonds is 3. The predicted molar refractivity (Wildman–Crippen MR) is 89.5 cm³/mol. The van der Waals surface area contributed by atoms with Gasteiger partial charge in [-0.2, -0.15) is 0 Å². The van der Waals surface area contributed by atoms with Gasteiger partial charge in [0.1, 0.15) is 0 Å². The van der Waals surface area contributed by atoms with Crippen LogP contribution < -0.4 is 0 Å². The number of aromatic nitrogens is 1. The molecule has 3 aromatic rings. The normalized spacial score (nSPS) is 11.0. The molecule has 0 amide bonds. The van der Waals surface area contributed by atoms with Gasteiger partial charge in [-0.15, -0.1) is 11.8 Å². The van der Waals surface area contributed by atoms with Crippen molar-refractivity contribution in [3.8, 4) is 11.1 Å². The number of benzene rings is 1. The van der Waals surface area contributed by atoms with Crippen LogP contribution in [-0.2, 0) is 0 Å². The van der Waals surface area contributed by atoms with Crippen LogP contribution in [0.4, 0.5) is 0 Å². The highest BCUT2D eigenvalue weighted by Gasteiger charge is 2.14. The second-order valence-electron chi connectivity index (χ2n) is 5.27. The third kappa shape index (κ3) is 2.38. The van der Waals surface area contributed by atoms with E-state index in [2.05, 4.69) is 49.6 Å². The van der Waals surface area contributed by atoms with Gasteiger partial charge in [0.15, 0.2) is 6.29 Å². The molecule has 2 heterocycles. The van der Waals surface area contributed by atoms with Crippen LogP contribution in [0.2, 0.25) is 0 Å². The van der Waals surface area contributed by atoms with Crippen LogP contribution in [0.3, 0.4) is 0 Å². The maximum absolute atomic E-state index is 11.6. The first-order valence-corrected chi connectivity index (χ1v) is 8.08. The Morgan fingerprint density at radius 2 is 1.76 bits per heavy atom. The molecule has 21 heavy (non-hydrogen) atoms. The van der Waals surface area contributed by atoms with Crippen LogP contribution in [0.15, 0.2) is 47.5 Å². The molecule has 0 unspecified atom stereocenters. The van der Waals surface area contributed by atoms with Crippen molar-refractivity contribution >= 4 is 23.6 Å².